The van der Waals surface area contributed by atoms with Gasteiger partial charge in [0, 0.05) is 16.3 Å². The van der Waals surface area contributed by atoms with Gasteiger partial charge in [-0.05, 0) is 60.7 Å². The predicted octanol–water partition coefficient (Wildman–Crippen LogP) is 6.58. The Morgan fingerprint density at radius 2 is 1.32 bits per heavy atom. The zero-order valence-electron chi connectivity index (χ0n) is 19.4. The van der Waals surface area contributed by atoms with Gasteiger partial charge in [0.2, 0.25) is 0 Å². The van der Waals surface area contributed by atoms with Gasteiger partial charge in [-0.3, -0.25) is 14.4 Å². The van der Waals surface area contributed by atoms with E-state index in [0.29, 0.717) is 27.6 Å². The number of carbonyl (C=O) groups is 3. The van der Waals surface area contributed by atoms with Gasteiger partial charge in [-0.25, -0.2) is 4.90 Å². The Kier molecular flexibility index (Phi) is 7.07. The average Bonchev–Trinajstić information content (AvgIpc) is 3.15. The zero-order valence-corrected chi connectivity index (χ0v) is 20.9. The maximum Gasteiger partial charge on any atom is 0.283 e. The fourth-order valence-electron chi connectivity index (χ4n) is 3.76. The van der Waals surface area contributed by atoms with Crippen molar-refractivity contribution in [3.63, 3.8) is 0 Å². The first-order valence-electron chi connectivity index (χ1n) is 11.4. The number of halogens is 1. The molecule has 0 fully saturated rings. The summed E-state index contributed by atoms with van der Waals surface area (Å²) in [5.41, 5.74) is 2.36. The van der Waals surface area contributed by atoms with Crippen molar-refractivity contribution in [3.8, 4) is 0 Å². The molecular weight excluding hydrogens is 506 g/mol. The van der Waals surface area contributed by atoms with E-state index >= 15 is 0 Å². The smallest absolute Gasteiger partial charge is 0.283 e. The number of hydrogen-bond donors (Lipinski definition) is 2. The van der Waals surface area contributed by atoms with Gasteiger partial charge in [0.15, 0.2) is 0 Å². The van der Waals surface area contributed by atoms with E-state index in [1.165, 1.54) is 16.7 Å². The van der Waals surface area contributed by atoms with E-state index in [9.17, 15) is 14.4 Å². The van der Waals surface area contributed by atoms with Crippen molar-refractivity contribution >= 4 is 58.1 Å². The van der Waals surface area contributed by atoms with Crippen molar-refractivity contribution < 1.29 is 14.4 Å². The first kappa shape index (κ1) is 24.4. The third-order valence-corrected chi connectivity index (χ3v) is 6.97. The van der Waals surface area contributed by atoms with Gasteiger partial charge < -0.3 is 10.6 Å². The van der Waals surface area contributed by atoms with E-state index in [0.717, 1.165) is 4.90 Å². The fourth-order valence-corrected chi connectivity index (χ4v) is 4.91. The number of thioether (sulfide) groups is 1. The number of imide groups is 1. The second-order valence-electron chi connectivity index (χ2n) is 8.04. The van der Waals surface area contributed by atoms with Crippen molar-refractivity contribution in [1.82, 2.24) is 0 Å². The first-order chi connectivity index (χ1) is 18.0. The molecule has 0 spiro atoms. The van der Waals surface area contributed by atoms with Crippen molar-refractivity contribution in [2.45, 2.75) is 4.90 Å². The van der Waals surface area contributed by atoms with Crippen LogP contribution in [0.15, 0.2) is 125 Å². The van der Waals surface area contributed by atoms with Crippen LogP contribution in [-0.2, 0) is 9.59 Å². The molecule has 0 aliphatic carbocycles. The van der Waals surface area contributed by atoms with Crippen LogP contribution in [0.2, 0.25) is 5.02 Å². The normalized spacial score (nSPS) is 13.2. The minimum atomic E-state index is -0.425. The summed E-state index contributed by atoms with van der Waals surface area (Å²) in [6, 6.07) is 31.9. The molecule has 1 heterocycles. The molecule has 4 aromatic carbocycles. The Bertz CT molecular complexity index is 1510. The SMILES string of the molecule is O=C(Nc1ccc(SC2=C(Nc3ccccc3)C(=O)N(c3ccccc3)C2=O)cc1)c1ccccc1Cl. The fraction of sp³-hybridized carbons (Fsp3) is 0. The largest absolute Gasteiger partial charge is 0.350 e. The molecule has 0 atom stereocenters. The highest BCUT2D eigenvalue weighted by Gasteiger charge is 2.40. The number of anilines is 3. The summed E-state index contributed by atoms with van der Waals surface area (Å²) in [4.78, 5) is 41.6. The quantitative estimate of drug-likeness (QED) is 0.266. The van der Waals surface area contributed by atoms with Crippen molar-refractivity contribution in [2.75, 3.05) is 15.5 Å². The summed E-state index contributed by atoms with van der Waals surface area (Å²) in [7, 11) is 0. The summed E-state index contributed by atoms with van der Waals surface area (Å²) in [6.45, 7) is 0. The van der Waals surface area contributed by atoms with Gasteiger partial charge in [-0.1, -0.05) is 71.9 Å². The molecule has 0 saturated carbocycles. The van der Waals surface area contributed by atoms with Gasteiger partial charge in [-0.15, -0.1) is 0 Å². The number of nitrogens with one attached hydrogen (secondary N) is 2. The number of hydrogen-bond acceptors (Lipinski definition) is 5. The van der Waals surface area contributed by atoms with Gasteiger partial charge in [0.25, 0.3) is 17.7 Å². The molecule has 0 radical (unpaired) electrons. The molecule has 0 aromatic heterocycles. The Hall–Kier alpha value is -4.33. The third kappa shape index (κ3) is 5.28. The minimum absolute atomic E-state index is 0.209. The lowest BCUT2D eigenvalue weighted by molar-refractivity contribution is -0.120. The van der Waals surface area contributed by atoms with E-state index < -0.39 is 11.8 Å². The second kappa shape index (κ2) is 10.7. The van der Waals surface area contributed by atoms with E-state index in [1.807, 2.05) is 36.4 Å². The molecule has 5 rings (SSSR count). The van der Waals surface area contributed by atoms with Crippen LogP contribution >= 0.6 is 23.4 Å². The van der Waals surface area contributed by atoms with Gasteiger partial charge in [-0.2, -0.15) is 0 Å². The van der Waals surface area contributed by atoms with Crippen molar-refractivity contribution in [3.05, 3.63) is 130 Å². The number of para-hydroxylation sites is 2. The van der Waals surface area contributed by atoms with Crippen LogP contribution in [0, 0.1) is 0 Å². The lowest BCUT2D eigenvalue weighted by Gasteiger charge is -2.15. The molecule has 1 aliphatic heterocycles. The maximum absolute atomic E-state index is 13.4. The van der Waals surface area contributed by atoms with E-state index in [4.69, 9.17) is 11.6 Å². The summed E-state index contributed by atoms with van der Waals surface area (Å²) in [6.07, 6.45) is 0. The topological polar surface area (TPSA) is 78.5 Å². The van der Waals surface area contributed by atoms with Crippen molar-refractivity contribution in [2.24, 2.45) is 0 Å². The van der Waals surface area contributed by atoms with Crippen LogP contribution < -0.4 is 15.5 Å². The molecule has 1 aliphatic rings. The Labute approximate surface area is 223 Å². The zero-order chi connectivity index (χ0) is 25.8. The molecule has 8 heteroatoms. The molecule has 6 nitrogen and oxygen atoms in total. The average molecular weight is 526 g/mol. The molecule has 2 N–H and O–H groups in total. The van der Waals surface area contributed by atoms with Crippen LogP contribution in [0.1, 0.15) is 10.4 Å². The third-order valence-electron chi connectivity index (χ3n) is 5.55. The monoisotopic (exact) mass is 525 g/mol. The van der Waals surface area contributed by atoms with Crippen LogP contribution in [0.5, 0.6) is 0 Å². The minimum Gasteiger partial charge on any atom is -0.350 e. The number of carbonyl (C=O) groups excluding carboxylic acids is 3. The maximum atomic E-state index is 13.4. The van der Waals surface area contributed by atoms with Crippen LogP contribution in [0.3, 0.4) is 0 Å². The summed E-state index contributed by atoms with van der Waals surface area (Å²) >= 11 is 7.31. The summed E-state index contributed by atoms with van der Waals surface area (Å²) in [5, 5.41) is 6.31. The number of nitrogens with zero attached hydrogens (tertiary/aromatic N) is 1. The van der Waals surface area contributed by atoms with E-state index in [-0.39, 0.29) is 16.5 Å². The highest BCUT2D eigenvalue weighted by Crippen LogP contribution is 2.38. The predicted molar refractivity (Wildman–Crippen MR) is 148 cm³/mol. The van der Waals surface area contributed by atoms with E-state index in [1.54, 1.807) is 72.8 Å². The molecule has 4 aromatic rings. The number of rotatable bonds is 7. The second-order valence-corrected chi connectivity index (χ2v) is 9.53. The van der Waals surface area contributed by atoms with E-state index in [2.05, 4.69) is 10.6 Å². The molecule has 182 valence electrons. The van der Waals surface area contributed by atoms with Crippen LogP contribution in [0.25, 0.3) is 0 Å². The van der Waals surface area contributed by atoms with Crippen molar-refractivity contribution in [1.29, 1.82) is 0 Å². The van der Waals surface area contributed by atoms with Crippen LogP contribution in [0.4, 0.5) is 17.1 Å². The lowest BCUT2D eigenvalue weighted by Crippen LogP contribution is -2.32. The number of benzene rings is 4. The van der Waals surface area contributed by atoms with Gasteiger partial charge >= 0.3 is 0 Å². The molecule has 0 unspecified atom stereocenters. The Morgan fingerprint density at radius 3 is 2.00 bits per heavy atom. The Morgan fingerprint density at radius 1 is 0.703 bits per heavy atom. The number of amides is 3. The molecule has 3 amide bonds. The molecular formula is C29H20ClN3O3S. The molecule has 37 heavy (non-hydrogen) atoms. The van der Waals surface area contributed by atoms with Gasteiger partial charge in [0.1, 0.15) is 10.6 Å². The van der Waals surface area contributed by atoms with Crippen LogP contribution in [-0.4, -0.2) is 17.7 Å². The highest BCUT2D eigenvalue weighted by molar-refractivity contribution is 8.04. The highest BCUT2D eigenvalue weighted by atomic mass is 35.5. The summed E-state index contributed by atoms with van der Waals surface area (Å²) < 4.78 is 0. The standard InChI is InChI=1S/C29H20ClN3O3S/c30-24-14-8-7-13-23(24)27(34)32-20-15-17-22(18-16-20)37-26-25(31-19-9-3-1-4-10-19)28(35)33(29(26)36)21-11-5-2-6-12-21/h1-18,31H,(H,32,34). The Balaban J connectivity index is 1.40. The van der Waals surface area contributed by atoms with Gasteiger partial charge in [0.05, 0.1) is 16.3 Å². The lowest BCUT2D eigenvalue weighted by atomic mass is 10.2. The first-order valence-corrected chi connectivity index (χ1v) is 12.5. The molecule has 0 saturated heterocycles. The summed E-state index contributed by atoms with van der Waals surface area (Å²) in [5.74, 6) is -1.15. The molecule has 0 bridgehead atoms.